The van der Waals surface area contributed by atoms with Gasteiger partial charge in [0.25, 0.3) is 0 Å². The number of carboxylic acids is 1. The topological polar surface area (TPSA) is 72.8 Å². The molecule has 148 valence electrons. The Morgan fingerprint density at radius 2 is 1.96 bits per heavy atom. The fraction of sp³-hybridized carbons (Fsp3) is 0.381. The summed E-state index contributed by atoms with van der Waals surface area (Å²) < 4.78 is 10.9. The minimum Gasteiger partial charge on any atom is -0.497 e. The predicted molar refractivity (Wildman–Crippen MR) is 112 cm³/mol. The van der Waals surface area contributed by atoms with Gasteiger partial charge in [0.1, 0.15) is 5.75 Å². The molecule has 0 spiro atoms. The van der Waals surface area contributed by atoms with Crippen LogP contribution in [-0.4, -0.2) is 34.4 Å². The number of ketones is 1. The fourth-order valence-electron chi connectivity index (χ4n) is 3.28. The summed E-state index contributed by atoms with van der Waals surface area (Å²) in [7, 11) is 1.57. The quantitative estimate of drug-likeness (QED) is 0.528. The minimum atomic E-state index is -0.950. The third kappa shape index (κ3) is 4.48. The molecule has 0 radical (unpaired) electrons. The zero-order valence-electron chi connectivity index (χ0n) is 16.0. The molecular formula is C21H22O5S2. The van der Waals surface area contributed by atoms with Crippen molar-refractivity contribution in [2.45, 2.75) is 45.3 Å². The number of Topliss-reactive ketones (excluding diaryl/α,β-unsaturated/α-hetero) is 1. The third-order valence-electron chi connectivity index (χ3n) is 4.70. The molecule has 3 rings (SSSR count). The number of rotatable bonds is 7. The number of hydrogen-bond donors (Lipinski definition) is 1. The Labute approximate surface area is 173 Å². The van der Waals surface area contributed by atoms with Crippen molar-refractivity contribution in [3.8, 4) is 5.75 Å². The third-order valence-corrected chi connectivity index (χ3v) is 6.20. The molecule has 28 heavy (non-hydrogen) atoms. The largest absolute Gasteiger partial charge is 0.497 e. The van der Waals surface area contributed by atoms with Crippen LogP contribution >= 0.6 is 23.6 Å². The minimum absolute atomic E-state index is 0.0877. The summed E-state index contributed by atoms with van der Waals surface area (Å²) in [5.41, 5.74) is 1.34. The summed E-state index contributed by atoms with van der Waals surface area (Å²) in [6, 6.07) is 6.87. The molecule has 5 nitrogen and oxygen atoms in total. The first-order chi connectivity index (χ1) is 13.2. The molecule has 0 bridgehead atoms. The monoisotopic (exact) mass is 418 g/mol. The predicted octanol–water partition coefficient (Wildman–Crippen LogP) is 4.49. The lowest BCUT2D eigenvalue weighted by Gasteiger charge is -2.30. The maximum Gasteiger partial charge on any atom is 0.337 e. The van der Waals surface area contributed by atoms with Gasteiger partial charge < -0.3 is 14.6 Å². The number of aromatic carboxylic acids is 1. The van der Waals surface area contributed by atoms with Gasteiger partial charge in [0.15, 0.2) is 5.78 Å². The van der Waals surface area contributed by atoms with Gasteiger partial charge in [-0.3, -0.25) is 4.79 Å². The normalized spacial score (nSPS) is 15.0. The highest BCUT2D eigenvalue weighted by Gasteiger charge is 2.33. The van der Waals surface area contributed by atoms with E-state index in [-0.39, 0.29) is 17.8 Å². The van der Waals surface area contributed by atoms with E-state index >= 15 is 0 Å². The van der Waals surface area contributed by atoms with Gasteiger partial charge in [-0.05, 0) is 43.7 Å². The first-order valence-corrected chi connectivity index (χ1v) is 10.1. The van der Waals surface area contributed by atoms with E-state index in [1.165, 1.54) is 11.3 Å². The van der Waals surface area contributed by atoms with Crippen molar-refractivity contribution in [2.24, 2.45) is 0 Å². The van der Waals surface area contributed by atoms with Crippen molar-refractivity contribution in [1.82, 2.24) is 0 Å². The fourth-order valence-corrected chi connectivity index (χ4v) is 4.92. The molecule has 1 aliphatic rings. The number of benzene rings is 1. The van der Waals surface area contributed by atoms with Crippen molar-refractivity contribution in [1.29, 1.82) is 0 Å². The number of carboxylic acid groups (broad SMARTS) is 1. The molecule has 0 unspecified atom stereocenters. The van der Waals surface area contributed by atoms with Crippen LogP contribution in [0.5, 0.6) is 5.75 Å². The van der Waals surface area contributed by atoms with E-state index in [1.807, 2.05) is 13.8 Å². The lowest BCUT2D eigenvalue weighted by molar-refractivity contribution is -0.0384. The summed E-state index contributed by atoms with van der Waals surface area (Å²) in [6.07, 6.45) is 0.959. The lowest BCUT2D eigenvalue weighted by atomic mass is 9.92. The molecule has 0 fully saturated rings. The Morgan fingerprint density at radius 3 is 2.57 bits per heavy atom. The second kappa shape index (κ2) is 8.11. The van der Waals surface area contributed by atoms with Crippen LogP contribution in [0, 0.1) is 0 Å². The second-order valence-corrected chi connectivity index (χ2v) is 9.14. The maximum absolute atomic E-state index is 12.5. The molecule has 1 N–H and O–H groups in total. The van der Waals surface area contributed by atoms with Gasteiger partial charge in [0.2, 0.25) is 0 Å². The van der Waals surface area contributed by atoms with E-state index < -0.39 is 5.97 Å². The van der Waals surface area contributed by atoms with Gasteiger partial charge in [-0.2, -0.15) is 0 Å². The Balaban J connectivity index is 1.76. The highest BCUT2D eigenvalue weighted by atomic mass is 32.1. The molecule has 1 aliphatic heterocycles. The molecule has 0 atom stereocenters. The number of hydrogen-bond acceptors (Lipinski definition) is 6. The molecule has 2 heterocycles. The standard InChI is InChI=1S/C21H22O5S2/c1-21(2)10-15-18(11-26-21)28-17(19(15)20(23)24)9-14(27)8-16(22)12-4-6-13(25-3)7-5-12/h4-7H,8-11H2,1-3H3,(H,23,24). The first-order valence-electron chi connectivity index (χ1n) is 8.90. The van der Waals surface area contributed by atoms with Crippen molar-refractivity contribution in [2.75, 3.05) is 7.11 Å². The second-order valence-electron chi connectivity index (χ2n) is 7.38. The SMILES string of the molecule is COc1ccc(C(=O)CC(=S)Cc2sc3c(c2C(=O)O)CC(C)(C)OC3)cc1. The van der Waals surface area contributed by atoms with E-state index in [9.17, 15) is 14.7 Å². The summed E-state index contributed by atoms with van der Waals surface area (Å²) in [5, 5.41) is 9.75. The zero-order valence-corrected chi connectivity index (χ0v) is 17.7. The summed E-state index contributed by atoms with van der Waals surface area (Å²) in [6.45, 7) is 4.32. The number of thiophene rings is 1. The molecule has 0 aliphatic carbocycles. The number of carbonyl (C=O) groups excluding carboxylic acids is 1. The van der Waals surface area contributed by atoms with Gasteiger partial charge in [0.05, 0.1) is 24.9 Å². The average molecular weight is 419 g/mol. The van der Waals surface area contributed by atoms with Gasteiger partial charge in [-0.15, -0.1) is 11.3 Å². The van der Waals surface area contributed by atoms with E-state index in [1.54, 1.807) is 31.4 Å². The Hall–Kier alpha value is -2.09. The summed E-state index contributed by atoms with van der Waals surface area (Å²) in [4.78, 5) is 26.5. The van der Waals surface area contributed by atoms with Crippen LogP contribution in [0.3, 0.4) is 0 Å². The maximum atomic E-state index is 12.5. The Bertz CT molecular complexity index is 925. The molecule has 1 aromatic carbocycles. The van der Waals surface area contributed by atoms with Crippen LogP contribution in [0.25, 0.3) is 0 Å². The highest BCUT2D eigenvalue weighted by molar-refractivity contribution is 7.80. The molecular weight excluding hydrogens is 396 g/mol. The Kier molecular flexibility index (Phi) is 5.98. The van der Waals surface area contributed by atoms with Crippen molar-refractivity contribution >= 4 is 40.2 Å². The van der Waals surface area contributed by atoms with Crippen LogP contribution in [-0.2, 0) is 24.2 Å². The summed E-state index contributed by atoms with van der Waals surface area (Å²) >= 11 is 6.86. The van der Waals surface area contributed by atoms with Crippen LogP contribution in [0.2, 0.25) is 0 Å². The highest BCUT2D eigenvalue weighted by Crippen LogP contribution is 2.38. The van der Waals surface area contributed by atoms with Crippen LogP contribution < -0.4 is 4.74 Å². The summed E-state index contributed by atoms with van der Waals surface area (Å²) in [5.74, 6) is -0.357. The smallest absolute Gasteiger partial charge is 0.337 e. The number of carbonyl (C=O) groups is 2. The number of fused-ring (bicyclic) bond motifs is 1. The van der Waals surface area contributed by atoms with Gasteiger partial charge >= 0.3 is 5.97 Å². The number of thiocarbonyl (C=S) groups is 1. The van der Waals surface area contributed by atoms with Gasteiger partial charge in [-0.1, -0.05) is 12.2 Å². The van der Waals surface area contributed by atoms with Crippen molar-refractivity contribution in [3.63, 3.8) is 0 Å². The molecule has 0 amide bonds. The van der Waals surface area contributed by atoms with Gasteiger partial charge in [0, 0.05) is 39.4 Å². The number of methoxy groups -OCH3 is 1. The zero-order chi connectivity index (χ0) is 20.5. The average Bonchev–Trinajstić information content (AvgIpc) is 2.97. The van der Waals surface area contributed by atoms with E-state index in [0.29, 0.717) is 46.1 Å². The van der Waals surface area contributed by atoms with Crippen LogP contribution in [0.15, 0.2) is 24.3 Å². The first kappa shape index (κ1) is 20.6. The molecule has 0 saturated carbocycles. The van der Waals surface area contributed by atoms with Crippen molar-refractivity contribution in [3.05, 3.63) is 50.7 Å². The van der Waals surface area contributed by atoms with E-state index in [2.05, 4.69) is 0 Å². The Morgan fingerprint density at radius 1 is 1.29 bits per heavy atom. The van der Waals surface area contributed by atoms with Gasteiger partial charge in [-0.25, -0.2) is 4.79 Å². The van der Waals surface area contributed by atoms with Crippen molar-refractivity contribution < 1.29 is 24.2 Å². The molecule has 1 aromatic heterocycles. The number of ether oxygens (including phenoxy) is 2. The molecule has 0 saturated heterocycles. The van der Waals surface area contributed by atoms with E-state index in [0.717, 1.165) is 10.4 Å². The van der Waals surface area contributed by atoms with Crippen LogP contribution in [0.1, 0.15) is 56.3 Å². The molecule has 2 aromatic rings. The molecule has 7 heteroatoms. The lowest BCUT2D eigenvalue weighted by Crippen LogP contribution is -2.31. The van der Waals surface area contributed by atoms with Crippen LogP contribution in [0.4, 0.5) is 0 Å². The van der Waals surface area contributed by atoms with E-state index in [4.69, 9.17) is 21.7 Å².